The number of nitrogens with zero attached hydrogens (tertiary/aromatic N) is 2. The summed E-state index contributed by atoms with van der Waals surface area (Å²) < 4.78 is 4.58. The normalized spacial score (nSPS) is 29.6. The lowest BCUT2D eigenvalue weighted by molar-refractivity contribution is 0.0587. The molecule has 17 heavy (non-hydrogen) atoms. The van der Waals surface area contributed by atoms with E-state index in [0.29, 0.717) is 23.7 Å². The molecule has 2 aliphatic rings. The van der Waals surface area contributed by atoms with Crippen LogP contribution in [0.3, 0.4) is 0 Å². The first-order chi connectivity index (χ1) is 8.29. The molecule has 2 atom stereocenters. The highest BCUT2D eigenvalue weighted by Gasteiger charge is 2.53. The third-order valence-corrected chi connectivity index (χ3v) is 3.43. The molecule has 0 amide bonds. The number of piperidine rings is 1. The quantitative estimate of drug-likeness (QED) is 0.711. The standard InChI is InChI=1S/C11H14N4O2/c1-17-11(16)10-13-3-2-8(15-10)14-9-6-4-12-5-7(6)9/h2-3,6-7,9,12H,4-5H2,1H3,(H,13,14,15). The van der Waals surface area contributed by atoms with E-state index < -0.39 is 5.97 Å². The summed E-state index contributed by atoms with van der Waals surface area (Å²) in [6, 6.07) is 2.25. The van der Waals surface area contributed by atoms with Gasteiger partial charge >= 0.3 is 5.97 Å². The predicted molar refractivity (Wildman–Crippen MR) is 60.6 cm³/mol. The summed E-state index contributed by atoms with van der Waals surface area (Å²) in [5, 5.41) is 6.67. The Bertz CT molecular complexity index is 441. The van der Waals surface area contributed by atoms with Gasteiger partial charge in [-0.3, -0.25) is 0 Å². The minimum Gasteiger partial charge on any atom is -0.463 e. The molecule has 2 unspecified atom stereocenters. The van der Waals surface area contributed by atoms with Gasteiger partial charge in [0.2, 0.25) is 5.82 Å². The van der Waals surface area contributed by atoms with Gasteiger partial charge in [-0.2, -0.15) is 0 Å². The van der Waals surface area contributed by atoms with Gasteiger partial charge < -0.3 is 15.4 Å². The van der Waals surface area contributed by atoms with Crippen LogP contribution in [0.15, 0.2) is 12.3 Å². The molecule has 1 aliphatic heterocycles. The average molecular weight is 234 g/mol. The Hall–Kier alpha value is -1.69. The van der Waals surface area contributed by atoms with Crippen LogP contribution in [-0.2, 0) is 4.74 Å². The van der Waals surface area contributed by atoms with Gasteiger partial charge in [0.05, 0.1) is 7.11 Å². The molecule has 1 aliphatic carbocycles. The molecule has 1 aromatic heterocycles. The largest absolute Gasteiger partial charge is 0.463 e. The number of rotatable bonds is 3. The maximum absolute atomic E-state index is 11.3. The fourth-order valence-corrected chi connectivity index (χ4v) is 2.43. The van der Waals surface area contributed by atoms with E-state index >= 15 is 0 Å². The molecule has 0 spiro atoms. The number of ether oxygens (including phenoxy) is 1. The number of aromatic nitrogens is 2. The molecule has 2 heterocycles. The zero-order chi connectivity index (χ0) is 11.8. The van der Waals surface area contributed by atoms with E-state index in [1.165, 1.54) is 7.11 Å². The molecule has 90 valence electrons. The lowest BCUT2D eigenvalue weighted by Crippen LogP contribution is -2.22. The highest BCUT2D eigenvalue weighted by atomic mass is 16.5. The molecule has 0 bridgehead atoms. The molecule has 6 nitrogen and oxygen atoms in total. The van der Waals surface area contributed by atoms with Gasteiger partial charge in [0, 0.05) is 25.3 Å². The number of esters is 1. The Morgan fingerprint density at radius 2 is 2.29 bits per heavy atom. The molecule has 0 radical (unpaired) electrons. The first kappa shape index (κ1) is 10.5. The number of fused-ring (bicyclic) bond motifs is 1. The van der Waals surface area contributed by atoms with Gasteiger partial charge in [-0.1, -0.05) is 0 Å². The Labute approximate surface area is 98.8 Å². The van der Waals surface area contributed by atoms with Crippen molar-refractivity contribution in [1.82, 2.24) is 15.3 Å². The number of anilines is 1. The second-order valence-electron chi connectivity index (χ2n) is 4.41. The first-order valence-corrected chi connectivity index (χ1v) is 5.68. The van der Waals surface area contributed by atoms with Crippen LogP contribution in [0.1, 0.15) is 10.6 Å². The van der Waals surface area contributed by atoms with E-state index in [1.807, 2.05) is 0 Å². The van der Waals surface area contributed by atoms with Crippen molar-refractivity contribution < 1.29 is 9.53 Å². The van der Waals surface area contributed by atoms with E-state index in [1.54, 1.807) is 12.3 Å². The molecule has 1 aromatic rings. The Kier molecular flexibility index (Phi) is 2.44. The molecule has 2 fully saturated rings. The molecular formula is C11H14N4O2. The number of nitrogens with one attached hydrogen (secondary N) is 2. The van der Waals surface area contributed by atoms with Crippen molar-refractivity contribution in [2.75, 3.05) is 25.5 Å². The average Bonchev–Trinajstić information content (AvgIpc) is 2.80. The Balaban J connectivity index is 1.69. The van der Waals surface area contributed by atoms with Crippen LogP contribution in [0.4, 0.5) is 5.82 Å². The minimum absolute atomic E-state index is 0.0986. The third-order valence-electron chi connectivity index (χ3n) is 3.43. The molecular weight excluding hydrogens is 220 g/mol. The summed E-state index contributed by atoms with van der Waals surface area (Å²) >= 11 is 0. The fourth-order valence-electron chi connectivity index (χ4n) is 2.43. The Morgan fingerprint density at radius 1 is 1.53 bits per heavy atom. The number of methoxy groups -OCH3 is 1. The summed E-state index contributed by atoms with van der Waals surface area (Å²) in [4.78, 5) is 19.3. The second kappa shape index (κ2) is 3.96. The van der Waals surface area contributed by atoms with E-state index in [4.69, 9.17) is 0 Å². The van der Waals surface area contributed by atoms with Crippen molar-refractivity contribution >= 4 is 11.8 Å². The lowest BCUT2D eigenvalue weighted by atomic mass is 10.4. The number of carbonyl (C=O) groups excluding carboxylic acids is 1. The summed E-state index contributed by atoms with van der Waals surface area (Å²) in [5.74, 6) is 1.69. The molecule has 0 aromatic carbocycles. The molecule has 3 rings (SSSR count). The molecule has 1 saturated carbocycles. The highest BCUT2D eigenvalue weighted by Crippen LogP contribution is 2.43. The topological polar surface area (TPSA) is 76.1 Å². The maximum atomic E-state index is 11.3. The molecule has 6 heteroatoms. The summed E-state index contributed by atoms with van der Waals surface area (Å²) in [6.07, 6.45) is 1.57. The van der Waals surface area contributed by atoms with E-state index in [0.717, 1.165) is 13.1 Å². The van der Waals surface area contributed by atoms with Crippen LogP contribution in [0.25, 0.3) is 0 Å². The van der Waals surface area contributed by atoms with Gasteiger partial charge in [-0.05, 0) is 17.9 Å². The molecule has 2 N–H and O–H groups in total. The van der Waals surface area contributed by atoms with Crippen molar-refractivity contribution in [1.29, 1.82) is 0 Å². The summed E-state index contributed by atoms with van der Waals surface area (Å²) in [7, 11) is 1.32. The first-order valence-electron chi connectivity index (χ1n) is 5.68. The van der Waals surface area contributed by atoms with Gasteiger partial charge in [0.25, 0.3) is 0 Å². The molecule has 1 saturated heterocycles. The van der Waals surface area contributed by atoms with Crippen LogP contribution in [0.5, 0.6) is 0 Å². The lowest BCUT2D eigenvalue weighted by Gasteiger charge is -2.08. The van der Waals surface area contributed by atoms with Crippen molar-refractivity contribution in [3.8, 4) is 0 Å². The van der Waals surface area contributed by atoms with Crippen LogP contribution >= 0.6 is 0 Å². The van der Waals surface area contributed by atoms with Crippen molar-refractivity contribution in [2.24, 2.45) is 11.8 Å². The summed E-state index contributed by atoms with van der Waals surface area (Å²) in [5.41, 5.74) is 0. The Morgan fingerprint density at radius 3 is 3.00 bits per heavy atom. The van der Waals surface area contributed by atoms with Crippen LogP contribution in [0, 0.1) is 11.8 Å². The zero-order valence-corrected chi connectivity index (χ0v) is 9.51. The monoisotopic (exact) mass is 234 g/mol. The van der Waals surface area contributed by atoms with E-state index in [9.17, 15) is 4.79 Å². The van der Waals surface area contributed by atoms with Gasteiger partial charge in [-0.15, -0.1) is 0 Å². The highest BCUT2D eigenvalue weighted by molar-refractivity contribution is 5.85. The van der Waals surface area contributed by atoms with E-state index in [-0.39, 0.29) is 5.82 Å². The SMILES string of the molecule is COC(=O)c1nccc(NC2C3CNCC32)n1. The number of hydrogen-bond donors (Lipinski definition) is 2. The maximum Gasteiger partial charge on any atom is 0.376 e. The van der Waals surface area contributed by atoms with Gasteiger partial charge in [0.15, 0.2) is 0 Å². The minimum atomic E-state index is -0.508. The second-order valence-corrected chi connectivity index (χ2v) is 4.41. The smallest absolute Gasteiger partial charge is 0.376 e. The third kappa shape index (κ3) is 1.84. The van der Waals surface area contributed by atoms with Gasteiger partial charge in [-0.25, -0.2) is 14.8 Å². The van der Waals surface area contributed by atoms with Gasteiger partial charge in [0.1, 0.15) is 5.82 Å². The van der Waals surface area contributed by atoms with Crippen molar-refractivity contribution in [3.63, 3.8) is 0 Å². The zero-order valence-electron chi connectivity index (χ0n) is 9.51. The van der Waals surface area contributed by atoms with Crippen LogP contribution < -0.4 is 10.6 Å². The number of carbonyl (C=O) groups is 1. The van der Waals surface area contributed by atoms with Crippen molar-refractivity contribution in [3.05, 3.63) is 18.1 Å². The predicted octanol–water partition coefficient (Wildman–Crippen LogP) is -0.107. The van der Waals surface area contributed by atoms with E-state index in [2.05, 4.69) is 25.3 Å². The number of hydrogen-bond acceptors (Lipinski definition) is 6. The van der Waals surface area contributed by atoms with Crippen molar-refractivity contribution in [2.45, 2.75) is 6.04 Å². The fraction of sp³-hybridized carbons (Fsp3) is 0.545. The van der Waals surface area contributed by atoms with Crippen LogP contribution in [0.2, 0.25) is 0 Å². The summed E-state index contributed by atoms with van der Waals surface area (Å²) in [6.45, 7) is 2.13. The van der Waals surface area contributed by atoms with Crippen LogP contribution in [-0.4, -0.2) is 42.2 Å².